The van der Waals surface area contributed by atoms with Gasteiger partial charge in [-0.15, -0.1) is 0 Å². The molecule has 0 amide bonds. The SMILES string of the molecule is CC(C)(C)C(C)(C)C(=O)[O][Al]([O]C(=O)C(C)(C)C(C)(C)C)[O]C(=O)C(C)(C)C(C)(C)C. The molecule has 6 nitrogen and oxygen atoms in total. The highest BCUT2D eigenvalue weighted by molar-refractivity contribution is 6.44. The lowest BCUT2D eigenvalue weighted by atomic mass is 9.69. The minimum Gasteiger partial charge on any atom is -0.550 e. The van der Waals surface area contributed by atoms with Gasteiger partial charge in [0.1, 0.15) is 0 Å². The van der Waals surface area contributed by atoms with E-state index in [0.717, 1.165) is 0 Å². The third kappa shape index (κ3) is 6.71. The highest BCUT2D eigenvalue weighted by atomic mass is 27.3. The second-order valence-corrected chi connectivity index (χ2v) is 14.4. The van der Waals surface area contributed by atoms with Gasteiger partial charge in [0.2, 0.25) is 0 Å². The number of rotatable bonds is 6. The Morgan fingerprint density at radius 3 is 0.710 bits per heavy atom. The molecule has 0 radical (unpaired) electrons. The zero-order valence-corrected chi connectivity index (χ0v) is 23.7. The summed E-state index contributed by atoms with van der Waals surface area (Å²) in [4.78, 5) is 39.0. The average Bonchev–Trinajstić information content (AvgIpc) is 2.50. The van der Waals surface area contributed by atoms with Crippen LogP contribution in [0.4, 0.5) is 0 Å². The van der Waals surface area contributed by atoms with Crippen LogP contribution in [0.15, 0.2) is 0 Å². The van der Waals surface area contributed by atoms with Crippen molar-refractivity contribution in [1.82, 2.24) is 0 Å². The van der Waals surface area contributed by atoms with E-state index in [1.165, 1.54) is 0 Å². The lowest BCUT2D eigenvalue weighted by Crippen LogP contribution is -2.49. The number of hydrogen-bond donors (Lipinski definition) is 0. The van der Waals surface area contributed by atoms with Gasteiger partial charge in [-0.05, 0) is 57.8 Å². The molecule has 0 rings (SSSR count). The molecule has 0 bridgehead atoms. The van der Waals surface area contributed by atoms with Gasteiger partial charge >= 0.3 is 15.1 Å². The van der Waals surface area contributed by atoms with E-state index in [4.69, 9.17) is 11.4 Å². The van der Waals surface area contributed by atoms with Crippen LogP contribution in [0.25, 0.3) is 0 Å². The van der Waals surface area contributed by atoms with E-state index in [2.05, 4.69) is 0 Å². The summed E-state index contributed by atoms with van der Waals surface area (Å²) in [6, 6.07) is 0. The molecule has 0 aromatic heterocycles. The summed E-state index contributed by atoms with van der Waals surface area (Å²) in [5.74, 6) is -1.67. The Labute approximate surface area is 195 Å². The third-order valence-corrected chi connectivity index (χ3v) is 8.99. The van der Waals surface area contributed by atoms with E-state index < -0.39 is 65.5 Å². The molecule has 0 saturated carbocycles. The van der Waals surface area contributed by atoms with Gasteiger partial charge < -0.3 is 11.4 Å². The van der Waals surface area contributed by atoms with Crippen LogP contribution in [0.1, 0.15) is 104 Å². The molecular weight excluding hydrogens is 411 g/mol. The molecule has 31 heavy (non-hydrogen) atoms. The summed E-state index contributed by atoms with van der Waals surface area (Å²) in [7, 11) is 0. The molecule has 180 valence electrons. The third-order valence-electron chi connectivity index (χ3n) is 7.77. The molecule has 0 heterocycles. The molecule has 0 aliphatic rings. The van der Waals surface area contributed by atoms with Crippen LogP contribution in [0.5, 0.6) is 0 Å². The van der Waals surface area contributed by atoms with Crippen molar-refractivity contribution in [3.8, 4) is 0 Å². The molecule has 0 aliphatic carbocycles. The van der Waals surface area contributed by atoms with Crippen molar-refractivity contribution in [3.63, 3.8) is 0 Å². The molecule has 0 atom stereocenters. The normalized spacial score (nSPS) is 14.0. The van der Waals surface area contributed by atoms with Crippen LogP contribution in [0.3, 0.4) is 0 Å². The van der Waals surface area contributed by atoms with Crippen molar-refractivity contribution in [2.45, 2.75) is 104 Å². The topological polar surface area (TPSA) is 78.9 Å². The van der Waals surface area contributed by atoms with Crippen molar-refractivity contribution in [2.75, 3.05) is 0 Å². The summed E-state index contributed by atoms with van der Waals surface area (Å²) in [5.41, 5.74) is -3.87. The lowest BCUT2D eigenvalue weighted by Gasteiger charge is -2.39. The summed E-state index contributed by atoms with van der Waals surface area (Å²) in [5, 5.41) is 0. The summed E-state index contributed by atoms with van der Waals surface area (Å²) in [6.07, 6.45) is 0. The minimum atomic E-state index is -3.47. The number of hydrogen-bond acceptors (Lipinski definition) is 6. The standard InChI is InChI=1S/3C8H16O2.Al/c3*1-7(2,3)8(4,5)6(9)10;/h3*1-5H3,(H,9,10);/q;;;+3/p-3. The van der Waals surface area contributed by atoms with Crippen LogP contribution in [0.2, 0.25) is 0 Å². The van der Waals surface area contributed by atoms with Crippen LogP contribution in [-0.2, 0) is 25.7 Å². The van der Waals surface area contributed by atoms with Gasteiger partial charge in [0.05, 0.1) is 16.2 Å². The van der Waals surface area contributed by atoms with Crippen LogP contribution < -0.4 is 0 Å². The first-order chi connectivity index (χ1) is 13.3. The maximum atomic E-state index is 13.0. The fourth-order valence-corrected chi connectivity index (χ4v) is 3.25. The van der Waals surface area contributed by atoms with Gasteiger partial charge in [-0.2, -0.15) is 0 Å². The zero-order valence-electron chi connectivity index (χ0n) is 22.5. The van der Waals surface area contributed by atoms with E-state index >= 15 is 0 Å². The maximum absolute atomic E-state index is 13.0. The van der Waals surface area contributed by atoms with Crippen LogP contribution >= 0.6 is 0 Å². The predicted molar refractivity (Wildman–Crippen MR) is 124 cm³/mol. The molecular formula is C24H45AlO6. The molecule has 0 fully saturated rings. The molecule has 0 spiro atoms. The smallest absolute Gasteiger partial charge is 0.550 e. The van der Waals surface area contributed by atoms with Gasteiger partial charge in [0.15, 0.2) is 0 Å². The zero-order chi connectivity index (χ0) is 25.4. The van der Waals surface area contributed by atoms with Gasteiger partial charge in [-0.25, -0.2) is 0 Å². The predicted octanol–water partition coefficient (Wildman–Crippen LogP) is 5.82. The van der Waals surface area contributed by atoms with Gasteiger partial charge in [-0.1, -0.05) is 62.3 Å². The van der Waals surface area contributed by atoms with E-state index in [1.807, 2.05) is 62.3 Å². The summed E-state index contributed by atoms with van der Waals surface area (Å²) < 4.78 is 16.8. The molecule has 0 aromatic carbocycles. The largest absolute Gasteiger partial charge is 1.20 e. The van der Waals surface area contributed by atoms with E-state index in [1.54, 1.807) is 41.5 Å². The molecule has 0 aromatic rings. The van der Waals surface area contributed by atoms with Crippen molar-refractivity contribution < 1.29 is 25.7 Å². The Hall–Kier alpha value is -1.06. The number of carbonyl (C=O) groups excluding carboxylic acids is 3. The molecule has 0 N–H and O–H groups in total. The molecule has 0 saturated heterocycles. The minimum absolute atomic E-state index is 0.410. The van der Waals surface area contributed by atoms with Crippen molar-refractivity contribution >= 4 is 33.1 Å². The Bertz CT molecular complexity index is 589. The second-order valence-electron chi connectivity index (χ2n) is 13.1. The Morgan fingerprint density at radius 2 is 0.581 bits per heavy atom. The van der Waals surface area contributed by atoms with E-state index in [9.17, 15) is 14.4 Å². The first kappa shape index (κ1) is 29.9. The quantitative estimate of drug-likeness (QED) is 0.469. The highest BCUT2D eigenvalue weighted by Gasteiger charge is 2.57. The molecule has 0 unspecified atom stereocenters. The average molecular weight is 457 g/mol. The Morgan fingerprint density at radius 1 is 0.419 bits per heavy atom. The fourth-order valence-electron chi connectivity index (χ4n) is 1.69. The second kappa shape index (κ2) is 9.06. The fraction of sp³-hybridized carbons (Fsp3) is 0.875. The summed E-state index contributed by atoms with van der Waals surface area (Å²) >= 11 is -3.47. The van der Waals surface area contributed by atoms with Crippen LogP contribution in [-0.4, -0.2) is 33.1 Å². The first-order valence-electron chi connectivity index (χ1n) is 10.9. The van der Waals surface area contributed by atoms with Crippen molar-refractivity contribution in [3.05, 3.63) is 0 Å². The van der Waals surface area contributed by atoms with Gasteiger partial charge in [0.25, 0.3) is 17.9 Å². The maximum Gasteiger partial charge on any atom is 1.20 e. The van der Waals surface area contributed by atoms with Crippen LogP contribution in [0, 0.1) is 32.5 Å². The number of carbonyl (C=O) groups is 3. The van der Waals surface area contributed by atoms with Gasteiger partial charge in [-0.3, -0.25) is 14.4 Å². The monoisotopic (exact) mass is 456 g/mol. The molecule has 0 aliphatic heterocycles. The highest BCUT2D eigenvalue weighted by Crippen LogP contribution is 2.42. The van der Waals surface area contributed by atoms with Gasteiger partial charge in [0, 0.05) is 0 Å². The molecule has 7 heteroatoms. The van der Waals surface area contributed by atoms with E-state index in [-0.39, 0.29) is 0 Å². The lowest BCUT2D eigenvalue weighted by molar-refractivity contribution is -0.165. The summed E-state index contributed by atoms with van der Waals surface area (Å²) in [6.45, 7) is 27.9. The Balaban J connectivity index is 5.98. The van der Waals surface area contributed by atoms with Crippen molar-refractivity contribution in [2.24, 2.45) is 32.5 Å². The van der Waals surface area contributed by atoms with E-state index in [0.29, 0.717) is 0 Å². The first-order valence-corrected chi connectivity index (χ1v) is 12.3. The van der Waals surface area contributed by atoms with Crippen molar-refractivity contribution in [1.29, 1.82) is 0 Å². The Kier molecular flexibility index (Phi) is 8.75.